The maximum absolute atomic E-state index is 4.40. The minimum absolute atomic E-state index is 0.522. The van der Waals surface area contributed by atoms with E-state index in [0.29, 0.717) is 6.04 Å². The normalized spacial score (nSPS) is 21.7. The van der Waals surface area contributed by atoms with E-state index in [-0.39, 0.29) is 0 Å². The van der Waals surface area contributed by atoms with Crippen LogP contribution in [0.2, 0.25) is 0 Å². The Kier molecular flexibility index (Phi) is 3.32. The Hall–Kier alpha value is -1.36. The molecule has 2 saturated heterocycles. The van der Waals surface area contributed by atoms with E-state index in [2.05, 4.69) is 38.5 Å². The number of piperidine rings is 1. The van der Waals surface area contributed by atoms with Gasteiger partial charge in [0, 0.05) is 32.2 Å². The standard InChI is InChI=1S/C13H21N5/c1-10-2-4-18(5-3-10)13-6-12(15-9-16-13)17-11-7-14-8-11/h6,9-11,14H,2-5,7-8H2,1H3,(H,15,16,17). The fourth-order valence-corrected chi connectivity index (χ4v) is 2.44. The van der Waals surface area contributed by atoms with Gasteiger partial charge in [-0.2, -0.15) is 0 Å². The van der Waals surface area contributed by atoms with E-state index >= 15 is 0 Å². The van der Waals surface area contributed by atoms with E-state index in [9.17, 15) is 0 Å². The second kappa shape index (κ2) is 5.10. The van der Waals surface area contributed by atoms with E-state index in [1.807, 2.05) is 0 Å². The van der Waals surface area contributed by atoms with Crippen LogP contribution >= 0.6 is 0 Å². The Balaban J connectivity index is 1.66. The average molecular weight is 247 g/mol. The first kappa shape index (κ1) is 11.7. The molecular formula is C13H21N5. The highest BCUT2D eigenvalue weighted by Gasteiger charge is 2.19. The molecule has 2 N–H and O–H groups in total. The first-order valence-corrected chi connectivity index (χ1v) is 6.85. The van der Waals surface area contributed by atoms with E-state index < -0.39 is 0 Å². The molecule has 0 bridgehead atoms. The molecule has 0 spiro atoms. The second-order valence-corrected chi connectivity index (χ2v) is 5.43. The number of aromatic nitrogens is 2. The monoisotopic (exact) mass is 247 g/mol. The largest absolute Gasteiger partial charge is 0.365 e. The van der Waals surface area contributed by atoms with Crippen LogP contribution in [0.4, 0.5) is 11.6 Å². The van der Waals surface area contributed by atoms with Crippen LogP contribution in [-0.4, -0.2) is 42.2 Å². The second-order valence-electron chi connectivity index (χ2n) is 5.43. The van der Waals surface area contributed by atoms with Crippen LogP contribution in [0.1, 0.15) is 19.8 Å². The maximum Gasteiger partial charge on any atom is 0.134 e. The van der Waals surface area contributed by atoms with E-state index in [4.69, 9.17) is 0 Å². The van der Waals surface area contributed by atoms with Gasteiger partial charge in [-0.15, -0.1) is 0 Å². The third-order valence-corrected chi connectivity index (χ3v) is 3.89. The summed E-state index contributed by atoms with van der Waals surface area (Å²) in [7, 11) is 0. The molecule has 0 aliphatic carbocycles. The zero-order valence-corrected chi connectivity index (χ0v) is 10.9. The number of hydrogen-bond acceptors (Lipinski definition) is 5. The van der Waals surface area contributed by atoms with Gasteiger partial charge in [-0.25, -0.2) is 9.97 Å². The Bertz CT molecular complexity index is 396. The van der Waals surface area contributed by atoms with Crippen LogP contribution in [0.15, 0.2) is 12.4 Å². The summed E-state index contributed by atoms with van der Waals surface area (Å²) in [5.74, 6) is 2.86. The van der Waals surface area contributed by atoms with Crippen LogP contribution < -0.4 is 15.5 Å². The van der Waals surface area contributed by atoms with Crippen molar-refractivity contribution in [3.05, 3.63) is 12.4 Å². The van der Waals surface area contributed by atoms with Crippen molar-refractivity contribution in [1.29, 1.82) is 0 Å². The molecule has 0 radical (unpaired) electrons. The van der Waals surface area contributed by atoms with Gasteiger partial charge < -0.3 is 15.5 Å². The van der Waals surface area contributed by atoms with Gasteiger partial charge in [0.1, 0.15) is 18.0 Å². The first-order valence-electron chi connectivity index (χ1n) is 6.85. The third-order valence-electron chi connectivity index (χ3n) is 3.89. The summed E-state index contributed by atoms with van der Waals surface area (Å²) < 4.78 is 0. The molecule has 0 amide bonds. The van der Waals surface area contributed by atoms with Gasteiger partial charge in [-0.05, 0) is 18.8 Å². The average Bonchev–Trinajstić information content (AvgIpc) is 2.35. The topological polar surface area (TPSA) is 53.1 Å². The predicted octanol–water partition coefficient (Wildman–Crippen LogP) is 1.10. The summed E-state index contributed by atoms with van der Waals surface area (Å²) >= 11 is 0. The lowest BCUT2D eigenvalue weighted by atomic mass is 9.99. The summed E-state index contributed by atoms with van der Waals surface area (Å²) in [5.41, 5.74) is 0. The highest BCUT2D eigenvalue weighted by atomic mass is 15.2. The van der Waals surface area contributed by atoms with Crippen molar-refractivity contribution in [1.82, 2.24) is 15.3 Å². The van der Waals surface area contributed by atoms with Crippen molar-refractivity contribution in [2.75, 3.05) is 36.4 Å². The molecule has 0 aromatic carbocycles. The van der Waals surface area contributed by atoms with Crippen LogP contribution in [0.3, 0.4) is 0 Å². The lowest BCUT2D eigenvalue weighted by Gasteiger charge is -2.32. The fraction of sp³-hybridized carbons (Fsp3) is 0.692. The minimum atomic E-state index is 0.522. The lowest BCUT2D eigenvalue weighted by Crippen LogP contribution is -2.51. The molecule has 5 heteroatoms. The van der Waals surface area contributed by atoms with Crippen molar-refractivity contribution in [3.63, 3.8) is 0 Å². The van der Waals surface area contributed by atoms with Crippen LogP contribution in [-0.2, 0) is 0 Å². The molecule has 1 aromatic rings. The van der Waals surface area contributed by atoms with Crippen molar-refractivity contribution in [2.45, 2.75) is 25.8 Å². The van der Waals surface area contributed by atoms with Gasteiger partial charge >= 0.3 is 0 Å². The zero-order valence-electron chi connectivity index (χ0n) is 10.9. The first-order chi connectivity index (χ1) is 8.81. The Labute approximate surface area is 108 Å². The molecule has 0 saturated carbocycles. The molecule has 1 aromatic heterocycles. The molecule has 3 heterocycles. The summed E-state index contributed by atoms with van der Waals surface area (Å²) in [6, 6.07) is 2.60. The molecule has 2 aliphatic rings. The summed E-state index contributed by atoms with van der Waals surface area (Å²) in [5, 5.41) is 6.67. The Morgan fingerprint density at radius 2 is 2.06 bits per heavy atom. The van der Waals surface area contributed by atoms with Crippen molar-refractivity contribution >= 4 is 11.6 Å². The van der Waals surface area contributed by atoms with Crippen molar-refractivity contribution in [3.8, 4) is 0 Å². The van der Waals surface area contributed by atoms with Crippen LogP contribution in [0.5, 0.6) is 0 Å². The Morgan fingerprint density at radius 3 is 2.72 bits per heavy atom. The SMILES string of the molecule is CC1CCN(c2cc(NC3CNC3)ncn2)CC1. The van der Waals surface area contributed by atoms with Gasteiger partial charge in [-0.3, -0.25) is 0 Å². The van der Waals surface area contributed by atoms with Gasteiger partial charge in [0.15, 0.2) is 0 Å². The number of nitrogens with one attached hydrogen (secondary N) is 2. The molecule has 98 valence electrons. The van der Waals surface area contributed by atoms with Crippen LogP contribution in [0.25, 0.3) is 0 Å². The molecule has 3 rings (SSSR count). The van der Waals surface area contributed by atoms with Gasteiger partial charge in [0.25, 0.3) is 0 Å². The quantitative estimate of drug-likeness (QED) is 0.837. The van der Waals surface area contributed by atoms with E-state index in [0.717, 1.165) is 43.7 Å². The number of nitrogens with zero attached hydrogens (tertiary/aromatic N) is 3. The molecule has 18 heavy (non-hydrogen) atoms. The minimum Gasteiger partial charge on any atom is -0.365 e. The highest BCUT2D eigenvalue weighted by molar-refractivity contribution is 5.49. The van der Waals surface area contributed by atoms with Crippen LogP contribution in [0, 0.1) is 5.92 Å². The predicted molar refractivity (Wildman–Crippen MR) is 72.9 cm³/mol. The highest BCUT2D eigenvalue weighted by Crippen LogP contribution is 2.22. The van der Waals surface area contributed by atoms with Crippen molar-refractivity contribution in [2.24, 2.45) is 5.92 Å². The molecule has 0 atom stereocenters. The number of hydrogen-bond donors (Lipinski definition) is 2. The number of rotatable bonds is 3. The van der Waals surface area contributed by atoms with Crippen molar-refractivity contribution < 1.29 is 0 Å². The van der Waals surface area contributed by atoms with E-state index in [1.165, 1.54) is 12.8 Å². The van der Waals surface area contributed by atoms with Gasteiger partial charge in [-0.1, -0.05) is 6.92 Å². The molecule has 5 nitrogen and oxygen atoms in total. The maximum atomic E-state index is 4.40. The smallest absolute Gasteiger partial charge is 0.134 e. The summed E-state index contributed by atoms with van der Waals surface area (Å²) in [4.78, 5) is 11.1. The zero-order chi connectivity index (χ0) is 12.4. The molecule has 0 unspecified atom stereocenters. The van der Waals surface area contributed by atoms with Gasteiger partial charge in [0.05, 0.1) is 6.04 Å². The van der Waals surface area contributed by atoms with Gasteiger partial charge in [0.2, 0.25) is 0 Å². The lowest BCUT2D eigenvalue weighted by molar-refractivity contribution is 0.436. The molecular weight excluding hydrogens is 226 g/mol. The number of anilines is 2. The molecule has 2 fully saturated rings. The fourth-order valence-electron chi connectivity index (χ4n) is 2.44. The molecule has 2 aliphatic heterocycles. The summed E-state index contributed by atoms with van der Waals surface area (Å²) in [6.07, 6.45) is 4.19. The Morgan fingerprint density at radius 1 is 1.28 bits per heavy atom. The summed E-state index contributed by atoms with van der Waals surface area (Å²) in [6.45, 7) is 6.61. The third kappa shape index (κ3) is 2.56. The van der Waals surface area contributed by atoms with E-state index in [1.54, 1.807) is 6.33 Å².